The summed E-state index contributed by atoms with van der Waals surface area (Å²) >= 11 is 0. The molecule has 1 aromatic heterocycles. The van der Waals surface area contributed by atoms with Crippen molar-refractivity contribution in [2.24, 2.45) is 0 Å². The number of ether oxygens (including phenoxy) is 1. The Labute approximate surface area is 255 Å². The van der Waals surface area contributed by atoms with Crippen molar-refractivity contribution in [2.75, 3.05) is 4.90 Å². The minimum atomic E-state index is 0.853. The third kappa shape index (κ3) is 3.87. The maximum atomic E-state index is 6.30. The number of nitrogens with zero attached hydrogens (tertiary/aromatic N) is 2. The van der Waals surface area contributed by atoms with E-state index >= 15 is 0 Å². The summed E-state index contributed by atoms with van der Waals surface area (Å²) in [5.41, 5.74) is 7.63. The van der Waals surface area contributed by atoms with Crippen molar-refractivity contribution in [2.45, 2.75) is 0 Å². The van der Waals surface area contributed by atoms with Crippen molar-refractivity contribution in [1.82, 2.24) is 4.98 Å². The van der Waals surface area contributed by atoms with E-state index < -0.39 is 0 Å². The van der Waals surface area contributed by atoms with Crippen LogP contribution in [0.4, 0.5) is 17.1 Å². The van der Waals surface area contributed by atoms with Gasteiger partial charge in [-0.25, -0.2) is 0 Å². The van der Waals surface area contributed by atoms with E-state index in [1.165, 1.54) is 43.4 Å². The Kier molecular flexibility index (Phi) is 5.50. The highest BCUT2D eigenvalue weighted by Crippen LogP contribution is 2.51. The summed E-state index contributed by atoms with van der Waals surface area (Å²) in [6.45, 7) is 0. The van der Waals surface area contributed by atoms with Crippen LogP contribution in [0.25, 0.3) is 54.7 Å². The van der Waals surface area contributed by atoms with Crippen LogP contribution in [0.5, 0.6) is 11.5 Å². The molecular weight excluding hydrogens is 536 g/mol. The lowest BCUT2D eigenvalue weighted by molar-refractivity contribution is 0.477. The van der Waals surface area contributed by atoms with Crippen molar-refractivity contribution in [3.8, 4) is 33.9 Å². The molecule has 206 valence electrons. The van der Waals surface area contributed by atoms with E-state index in [2.05, 4.69) is 119 Å². The van der Waals surface area contributed by atoms with E-state index in [4.69, 9.17) is 4.74 Å². The molecule has 0 unspecified atom stereocenters. The molecule has 0 saturated carbocycles. The summed E-state index contributed by atoms with van der Waals surface area (Å²) in [7, 11) is 0. The molecule has 0 N–H and O–H groups in total. The second-order valence-electron chi connectivity index (χ2n) is 11.2. The quantitative estimate of drug-likeness (QED) is 0.200. The van der Waals surface area contributed by atoms with Gasteiger partial charge in [-0.05, 0) is 98.0 Å². The second-order valence-corrected chi connectivity index (χ2v) is 11.2. The molecule has 1 aliphatic rings. The summed E-state index contributed by atoms with van der Waals surface area (Å²) in [4.78, 5) is 6.83. The normalized spacial score (nSPS) is 12.2. The maximum Gasteiger partial charge on any atom is 0.151 e. The lowest BCUT2D eigenvalue weighted by Gasteiger charge is -2.33. The van der Waals surface area contributed by atoms with Crippen molar-refractivity contribution in [3.05, 3.63) is 158 Å². The summed E-state index contributed by atoms with van der Waals surface area (Å²) in [5, 5.41) is 7.49. The number of fused-ring (bicyclic) bond motifs is 8. The fourth-order valence-corrected chi connectivity index (χ4v) is 6.61. The van der Waals surface area contributed by atoms with Crippen molar-refractivity contribution in [1.29, 1.82) is 0 Å². The molecule has 3 nitrogen and oxygen atoms in total. The van der Waals surface area contributed by atoms with Crippen LogP contribution in [0, 0.1) is 0 Å². The van der Waals surface area contributed by atoms with Crippen LogP contribution in [0.15, 0.2) is 158 Å². The topological polar surface area (TPSA) is 25.4 Å². The third-order valence-corrected chi connectivity index (χ3v) is 8.69. The lowest BCUT2D eigenvalue weighted by atomic mass is 9.91. The highest BCUT2D eigenvalue weighted by Gasteiger charge is 2.25. The van der Waals surface area contributed by atoms with Crippen molar-refractivity contribution >= 4 is 49.4 Å². The van der Waals surface area contributed by atoms with E-state index in [0.717, 1.165) is 39.8 Å². The standard InChI is InChI=1S/C41H26N2O/c1-2-10-32-31(9-1)33-22-20-29(27-16-18-28(19-17-27)37-11-7-8-24-42-37)25-35(33)36-26-30(21-23-34(32)36)43-38-12-3-5-14-40(38)44-41-15-6-4-13-39(41)43/h1-26H. The lowest BCUT2D eigenvalue weighted by Crippen LogP contribution is -2.15. The Balaban J connectivity index is 1.26. The van der Waals surface area contributed by atoms with Gasteiger partial charge in [0.1, 0.15) is 0 Å². The molecule has 0 saturated heterocycles. The van der Waals surface area contributed by atoms with E-state index in [1.807, 2.05) is 48.7 Å². The zero-order valence-electron chi connectivity index (χ0n) is 23.8. The molecule has 7 aromatic carbocycles. The van der Waals surface area contributed by atoms with Gasteiger partial charge in [0.15, 0.2) is 11.5 Å². The molecule has 0 fully saturated rings. The average Bonchev–Trinajstić information content (AvgIpc) is 3.10. The number of hydrogen-bond acceptors (Lipinski definition) is 3. The fraction of sp³-hybridized carbons (Fsp3) is 0. The van der Waals surface area contributed by atoms with E-state index in [9.17, 15) is 0 Å². The van der Waals surface area contributed by atoms with Gasteiger partial charge in [-0.1, -0.05) is 97.1 Å². The highest BCUT2D eigenvalue weighted by atomic mass is 16.5. The first-order valence-corrected chi connectivity index (χ1v) is 14.9. The van der Waals surface area contributed by atoms with E-state index in [0.29, 0.717) is 0 Å². The van der Waals surface area contributed by atoms with Gasteiger partial charge in [-0.15, -0.1) is 0 Å². The van der Waals surface area contributed by atoms with Crippen molar-refractivity contribution < 1.29 is 4.74 Å². The van der Waals surface area contributed by atoms with Crippen LogP contribution in [0.1, 0.15) is 0 Å². The largest absolute Gasteiger partial charge is 0.453 e. The first kappa shape index (κ1) is 24.6. The van der Waals surface area contributed by atoms with Gasteiger partial charge >= 0.3 is 0 Å². The van der Waals surface area contributed by atoms with Gasteiger partial charge in [0.2, 0.25) is 0 Å². The zero-order chi connectivity index (χ0) is 29.0. The molecule has 3 heteroatoms. The summed E-state index contributed by atoms with van der Waals surface area (Å²) in [6, 6.07) is 53.7. The Morgan fingerprint density at radius 3 is 1.64 bits per heavy atom. The Bertz CT molecular complexity index is 2320. The Morgan fingerprint density at radius 1 is 0.409 bits per heavy atom. The SMILES string of the molecule is c1ccc(-c2ccc(-c3ccc4c5ccccc5c5ccc(N6c7ccccc7Oc7ccccc76)cc5c4c3)cc2)nc1. The van der Waals surface area contributed by atoms with Crippen molar-refractivity contribution in [3.63, 3.8) is 0 Å². The number of hydrogen-bond donors (Lipinski definition) is 0. The van der Waals surface area contributed by atoms with Crippen LogP contribution < -0.4 is 9.64 Å². The molecule has 0 bridgehead atoms. The zero-order valence-corrected chi connectivity index (χ0v) is 23.8. The third-order valence-electron chi connectivity index (χ3n) is 8.69. The molecule has 44 heavy (non-hydrogen) atoms. The minimum Gasteiger partial charge on any atom is -0.453 e. The summed E-state index contributed by atoms with van der Waals surface area (Å²) < 4.78 is 6.30. The maximum absolute atomic E-state index is 6.30. The minimum absolute atomic E-state index is 0.853. The van der Waals surface area contributed by atoms with Gasteiger partial charge in [0.25, 0.3) is 0 Å². The number of rotatable bonds is 3. The molecule has 0 spiro atoms. The molecule has 1 aliphatic heterocycles. The van der Waals surface area contributed by atoms with Crippen LogP contribution >= 0.6 is 0 Å². The number of para-hydroxylation sites is 4. The molecule has 9 rings (SSSR count). The first-order valence-electron chi connectivity index (χ1n) is 14.9. The monoisotopic (exact) mass is 562 g/mol. The molecule has 8 aromatic rings. The summed E-state index contributed by atoms with van der Waals surface area (Å²) in [5.74, 6) is 1.71. The summed E-state index contributed by atoms with van der Waals surface area (Å²) in [6.07, 6.45) is 1.84. The Morgan fingerprint density at radius 2 is 0.955 bits per heavy atom. The first-order chi connectivity index (χ1) is 21.8. The number of benzene rings is 7. The van der Waals surface area contributed by atoms with Crippen LogP contribution in [-0.2, 0) is 0 Å². The average molecular weight is 563 g/mol. The molecule has 0 aliphatic carbocycles. The van der Waals surface area contributed by atoms with Gasteiger partial charge in [-0.2, -0.15) is 0 Å². The van der Waals surface area contributed by atoms with Gasteiger partial charge < -0.3 is 9.64 Å². The highest BCUT2D eigenvalue weighted by molar-refractivity contribution is 6.26. The van der Waals surface area contributed by atoms with E-state index in [1.54, 1.807) is 0 Å². The second kappa shape index (κ2) is 9.82. The van der Waals surface area contributed by atoms with Gasteiger partial charge in [0, 0.05) is 17.4 Å². The molecule has 0 amide bonds. The van der Waals surface area contributed by atoms with Crippen LogP contribution in [-0.4, -0.2) is 4.98 Å². The van der Waals surface area contributed by atoms with E-state index in [-0.39, 0.29) is 0 Å². The number of pyridine rings is 1. The molecule has 0 atom stereocenters. The number of aromatic nitrogens is 1. The smallest absolute Gasteiger partial charge is 0.151 e. The number of anilines is 3. The molecule has 2 heterocycles. The van der Waals surface area contributed by atoms with Crippen LogP contribution in [0.2, 0.25) is 0 Å². The Hall–Kier alpha value is -5.93. The van der Waals surface area contributed by atoms with Gasteiger partial charge in [-0.3, -0.25) is 4.98 Å². The fourth-order valence-electron chi connectivity index (χ4n) is 6.61. The van der Waals surface area contributed by atoms with Crippen LogP contribution in [0.3, 0.4) is 0 Å². The predicted octanol–water partition coefficient (Wildman–Crippen LogP) is 11.5. The molecular formula is C41H26N2O. The predicted molar refractivity (Wildman–Crippen MR) is 182 cm³/mol. The molecule has 0 radical (unpaired) electrons. The van der Waals surface area contributed by atoms with Gasteiger partial charge in [0.05, 0.1) is 17.1 Å².